The van der Waals surface area contributed by atoms with Crippen molar-refractivity contribution in [3.63, 3.8) is 0 Å². The van der Waals surface area contributed by atoms with E-state index in [0.29, 0.717) is 32.8 Å². The number of pyridine rings is 1. The number of carbonyl (C=O) groups excluding carboxylic acids is 1. The zero-order valence-electron chi connectivity index (χ0n) is 12.8. The number of hydrogen-bond donors (Lipinski definition) is 1. The Morgan fingerprint density at radius 1 is 1.32 bits per heavy atom. The molecular formula is C17H21N3O2. The minimum atomic E-state index is 0.113. The van der Waals surface area contributed by atoms with Gasteiger partial charge < -0.3 is 15.0 Å². The predicted octanol–water partition coefficient (Wildman–Crippen LogP) is 2.07. The summed E-state index contributed by atoms with van der Waals surface area (Å²) in [5, 5.41) is 4.34. The number of nitrogens with one attached hydrogen (secondary N) is 1. The maximum Gasteiger partial charge on any atom is 0.242 e. The van der Waals surface area contributed by atoms with E-state index in [-0.39, 0.29) is 5.91 Å². The minimum absolute atomic E-state index is 0.113. The number of aryl methyl sites for hydroxylation is 1. The van der Waals surface area contributed by atoms with Gasteiger partial charge in [-0.2, -0.15) is 0 Å². The van der Waals surface area contributed by atoms with Gasteiger partial charge >= 0.3 is 0 Å². The molecule has 0 spiro atoms. The fourth-order valence-corrected chi connectivity index (χ4v) is 2.65. The summed E-state index contributed by atoms with van der Waals surface area (Å²) in [6.07, 6.45) is 0.872. The Morgan fingerprint density at radius 2 is 2.09 bits per heavy atom. The molecule has 0 atom stereocenters. The normalized spacial score (nSPS) is 15.0. The lowest BCUT2D eigenvalue weighted by atomic mass is 10.1. The molecule has 0 bridgehead atoms. The average Bonchev–Trinajstić information content (AvgIpc) is 2.59. The van der Waals surface area contributed by atoms with Crippen molar-refractivity contribution in [3.8, 4) is 0 Å². The SMILES string of the molecule is CCc1cc(NCC(=O)N2CCOCC2)c2ccccc2n1. The Morgan fingerprint density at radius 3 is 2.86 bits per heavy atom. The Balaban J connectivity index is 1.76. The summed E-state index contributed by atoms with van der Waals surface area (Å²) in [6, 6.07) is 10.0. The zero-order chi connectivity index (χ0) is 15.4. The van der Waals surface area contributed by atoms with Gasteiger partial charge in [0.15, 0.2) is 0 Å². The molecule has 0 unspecified atom stereocenters. The first-order valence-corrected chi connectivity index (χ1v) is 7.76. The van der Waals surface area contributed by atoms with Gasteiger partial charge in [0.05, 0.1) is 25.3 Å². The molecule has 1 amide bonds. The van der Waals surface area contributed by atoms with Crippen molar-refractivity contribution >= 4 is 22.5 Å². The third-order valence-electron chi connectivity index (χ3n) is 3.93. The number of amides is 1. The third-order valence-corrected chi connectivity index (χ3v) is 3.93. The van der Waals surface area contributed by atoms with E-state index in [4.69, 9.17) is 4.74 Å². The van der Waals surface area contributed by atoms with Crippen LogP contribution in [0.4, 0.5) is 5.69 Å². The van der Waals surface area contributed by atoms with Crippen molar-refractivity contribution in [2.45, 2.75) is 13.3 Å². The van der Waals surface area contributed by atoms with Gasteiger partial charge in [-0.3, -0.25) is 9.78 Å². The van der Waals surface area contributed by atoms with E-state index < -0.39 is 0 Å². The molecule has 5 nitrogen and oxygen atoms in total. The number of morpholine rings is 1. The Hall–Kier alpha value is -2.14. The largest absolute Gasteiger partial charge is 0.378 e. The van der Waals surface area contributed by atoms with Gasteiger partial charge in [-0.05, 0) is 18.6 Å². The maximum atomic E-state index is 12.3. The molecule has 2 heterocycles. The fraction of sp³-hybridized carbons (Fsp3) is 0.412. The van der Waals surface area contributed by atoms with Crippen molar-refractivity contribution in [1.82, 2.24) is 9.88 Å². The summed E-state index contributed by atoms with van der Waals surface area (Å²) < 4.78 is 5.28. The standard InChI is InChI=1S/C17H21N3O2/c1-2-13-11-16(14-5-3-4-6-15(14)19-13)18-12-17(21)20-7-9-22-10-8-20/h3-6,11H,2,7-10,12H2,1H3,(H,18,19). The molecule has 1 aromatic heterocycles. The molecule has 1 aliphatic rings. The highest BCUT2D eigenvalue weighted by molar-refractivity contribution is 5.93. The number of carbonyl (C=O) groups is 1. The molecule has 22 heavy (non-hydrogen) atoms. The second kappa shape index (κ2) is 6.75. The van der Waals surface area contributed by atoms with E-state index in [1.54, 1.807) is 0 Å². The van der Waals surface area contributed by atoms with Crippen LogP contribution in [0.3, 0.4) is 0 Å². The molecule has 3 rings (SSSR count). The van der Waals surface area contributed by atoms with E-state index in [1.807, 2.05) is 35.2 Å². The van der Waals surface area contributed by atoms with E-state index in [2.05, 4.69) is 17.2 Å². The van der Waals surface area contributed by atoms with Crippen molar-refractivity contribution in [1.29, 1.82) is 0 Å². The third kappa shape index (κ3) is 3.20. The Bertz CT molecular complexity index is 666. The summed E-state index contributed by atoms with van der Waals surface area (Å²) >= 11 is 0. The topological polar surface area (TPSA) is 54.5 Å². The molecule has 1 saturated heterocycles. The number of nitrogens with zero attached hydrogens (tertiary/aromatic N) is 2. The molecule has 1 aromatic carbocycles. The highest BCUT2D eigenvalue weighted by atomic mass is 16.5. The summed E-state index contributed by atoms with van der Waals surface area (Å²) in [6.45, 7) is 5.00. The zero-order valence-corrected chi connectivity index (χ0v) is 12.8. The van der Waals surface area contributed by atoms with Crippen LogP contribution in [0.25, 0.3) is 10.9 Å². The van der Waals surface area contributed by atoms with E-state index >= 15 is 0 Å². The second-order valence-electron chi connectivity index (χ2n) is 5.38. The number of para-hydroxylation sites is 1. The van der Waals surface area contributed by atoms with Crippen LogP contribution in [0.15, 0.2) is 30.3 Å². The number of rotatable bonds is 4. The van der Waals surface area contributed by atoms with E-state index in [1.165, 1.54) is 0 Å². The van der Waals surface area contributed by atoms with Crippen LogP contribution in [0.1, 0.15) is 12.6 Å². The second-order valence-corrected chi connectivity index (χ2v) is 5.38. The number of anilines is 1. The van der Waals surface area contributed by atoms with Crippen LogP contribution in [-0.4, -0.2) is 48.6 Å². The molecule has 5 heteroatoms. The van der Waals surface area contributed by atoms with Crippen molar-refractivity contribution in [2.75, 3.05) is 38.2 Å². The van der Waals surface area contributed by atoms with Gasteiger partial charge in [0.1, 0.15) is 0 Å². The predicted molar refractivity (Wildman–Crippen MR) is 87.0 cm³/mol. The molecule has 0 saturated carbocycles. The van der Waals surface area contributed by atoms with Crippen LogP contribution >= 0.6 is 0 Å². The summed E-state index contributed by atoms with van der Waals surface area (Å²) in [5.74, 6) is 0.113. The van der Waals surface area contributed by atoms with Crippen LogP contribution in [0.5, 0.6) is 0 Å². The van der Waals surface area contributed by atoms with Crippen molar-refractivity contribution < 1.29 is 9.53 Å². The number of ether oxygens (including phenoxy) is 1. The lowest BCUT2D eigenvalue weighted by molar-refractivity contribution is -0.133. The first kappa shape index (κ1) is 14.8. The van der Waals surface area contributed by atoms with E-state index in [0.717, 1.165) is 28.7 Å². The van der Waals surface area contributed by atoms with Crippen LogP contribution in [0.2, 0.25) is 0 Å². The van der Waals surface area contributed by atoms with Gasteiger partial charge in [0, 0.05) is 29.9 Å². The smallest absolute Gasteiger partial charge is 0.242 e. The highest BCUT2D eigenvalue weighted by Gasteiger charge is 2.16. The summed E-state index contributed by atoms with van der Waals surface area (Å²) in [7, 11) is 0. The lowest BCUT2D eigenvalue weighted by Crippen LogP contribution is -2.43. The van der Waals surface area contributed by atoms with Crippen LogP contribution < -0.4 is 5.32 Å². The fourth-order valence-electron chi connectivity index (χ4n) is 2.65. The molecule has 1 N–H and O–H groups in total. The molecule has 0 aliphatic carbocycles. The minimum Gasteiger partial charge on any atom is -0.378 e. The first-order valence-electron chi connectivity index (χ1n) is 7.76. The summed E-state index contributed by atoms with van der Waals surface area (Å²) in [4.78, 5) is 18.7. The van der Waals surface area contributed by atoms with Gasteiger partial charge in [-0.25, -0.2) is 0 Å². The Labute approximate surface area is 130 Å². The molecule has 116 valence electrons. The average molecular weight is 299 g/mol. The van der Waals surface area contributed by atoms with Crippen molar-refractivity contribution in [2.24, 2.45) is 0 Å². The highest BCUT2D eigenvalue weighted by Crippen LogP contribution is 2.23. The number of benzene rings is 1. The van der Waals surface area contributed by atoms with Gasteiger partial charge in [0.2, 0.25) is 5.91 Å². The molecular weight excluding hydrogens is 278 g/mol. The monoisotopic (exact) mass is 299 g/mol. The van der Waals surface area contributed by atoms with Gasteiger partial charge in [-0.1, -0.05) is 25.1 Å². The first-order chi connectivity index (χ1) is 10.8. The van der Waals surface area contributed by atoms with Crippen molar-refractivity contribution in [3.05, 3.63) is 36.0 Å². The number of aromatic nitrogens is 1. The lowest BCUT2D eigenvalue weighted by Gasteiger charge is -2.27. The summed E-state index contributed by atoms with van der Waals surface area (Å²) in [5.41, 5.74) is 2.97. The molecule has 1 aliphatic heterocycles. The van der Waals surface area contributed by atoms with E-state index in [9.17, 15) is 4.79 Å². The molecule has 0 radical (unpaired) electrons. The number of hydrogen-bond acceptors (Lipinski definition) is 4. The van der Waals surface area contributed by atoms with Crippen LogP contribution in [0, 0.1) is 0 Å². The molecule has 2 aromatic rings. The van der Waals surface area contributed by atoms with Gasteiger partial charge in [-0.15, -0.1) is 0 Å². The number of fused-ring (bicyclic) bond motifs is 1. The quantitative estimate of drug-likeness (QED) is 0.939. The maximum absolute atomic E-state index is 12.3. The van der Waals surface area contributed by atoms with Gasteiger partial charge in [0.25, 0.3) is 0 Å². The Kier molecular flexibility index (Phi) is 4.53. The molecule has 1 fully saturated rings. The van der Waals surface area contributed by atoms with Crippen LogP contribution in [-0.2, 0) is 16.0 Å².